The molecular formula is C9H11ClN2O3S. The van der Waals surface area contributed by atoms with Gasteiger partial charge in [-0.25, -0.2) is 8.42 Å². The molecule has 0 radical (unpaired) electrons. The predicted molar refractivity (Wildman–Crippen MR) is 59.7 cm³/mol. The van der Waals surface area contributed by atoms with Crippen molar-refractivity contribution < 1.29 is 13.2 Å². The van der Waals surface area contributed by atoms with E-state index in [9.17, 15) is 13.2 Å². The van der Waals surface area contributed by atoms with Crippen LogP contribution < -0.4 is 5.32 Å². The number of carbonyl (C=O) groups is 1. The van der Waals surface area contributed by atoms with E-state index in [2.05, 4.69) is 10.3 Å². The van der Waals surface area contributed by atoms with E-state index in [1.54, 1.807) is 0 Å². The fraction of sp³-hybridized carbons (Fsp3) is 0.333. The van der Waals surface area contributed by atoms with Crippen LogP contribution in [0.3, 0.4) is 0 Å². The second kappa shape index (κ2) is 5.27. The van der Waals surface area contributed by atoms with Crippen LogP contribution in [-0.2, 0) is 20.3 Å². The number of hydrogen-bond acceptors (Lipinski definition) is 4. The molecule has 0 fully saturated rings. The first-order valence-corrected chi connectivity index (χ1v) is 6.84. The number of nitrogens with zero attached hydrogens (tertiary/aromatic N) is 1. The first-order chi connectivity index (χ1) is 7.39. The molecule has 1 aromatic heterocycles. The highest BCUT2D eigenvalue weighted by atomic mass is 35.7. The van der Waals surface area contributed by atoms with E-state index < -0.39 is 9.05 Å². The van der Waals surface area contributed by atoms with Gasteiger partial charge < -0.3 is 5.32 Å². The van der Waals surface area contributed by atoms with Crippen LogP contribution in [0.15, 0.2) is 23.2 Å². The van der Waals surface area contributed by atoms with Gasteiger partial charge in [0, 0.05) is 42.5 Å². The summed E-state index contributed by atoms with van der Waals surface area (Å²) in [5.41, 5.74) is 0.565. The zero-order valence-corrected chi connectivity index (χ0v) is 10.2. The fourth-order valence-corrected chi connectivity index (χ4v) is 1.90. The first-order valence-electron chi connectivity index (χ1n) is 4.53. The average molecular weight is 263 g/mol. The summed E-state index contributed by atoms with van der Waals surface area (Å²) in [5.74, 6) is -0.138. The van der Waals surface area contributed by atoms with Crippen molar-refractivity contribution in [1.82, 2.24) is 10.3 Å². The number of carbonyl (C=O) groups excluding carboxylic acids is 1. The van der Waals surface area contributed by atoms with Crippen LogP contribution in [0, 0.1) is 0 Å². The Morgan fingerprint density at radius 3 is 2.81 bits per heavy atom. The van der Waals surface area contributed by atoms with Crippen LogP contribution in [0.5, 0.6) is 0 Å². The Hall–Kier alpha value is -1.14. The molecule has 7 heteroatoms. The number of aromatic nitrogens is 1. The van der Waals surface area contributed by atoms with E-state index in [1.807, 2.05) is 0 Å². The van der Waals surface area contributed by atoms with Gasteiger partial charge in [-0.15, -0.1) is 0 Å². The lowest BCUT2D eigenvalue weighted by molar-refractivity contribution is -0.118. The molecule has 0 spiro atoms. The molecule has 0 atom stereocenters. The lowest BCUT2D eigenvalue weighted by Gasteiger charge is -2.03. The number of amides is 1. The maximum Gasteiger partial charge on any atom is 0.261 e. The third-order valence-electron chi connectivity index (χ3n) is 1.82. The van der Waals surface area contributed by atoms with E-state index >= 15 is 0 Å². The second-order valence-corrected chi connectivity index (χ2v) is 5.72. The summed E-state index contributed by atoms with van der Waals surface area (Å²) in [7, 11) is 1.47. The topological polar surface area (TPSA) is 76.1 Å². The van der Waals surface area contributed by atoms with E-state index in [1.165, 1.54) is 25.3 Å². The maximum absolute atomic E-state index is 11.0. The van der Waals surface area contributed by atoms with Crippen LogP contribution in [0.2, 0.25) is 0 Å². The molecule has 0 aliphatic heterocycles. The first kappa shape index (κ1) is 12.9. The lowest BCUT2D eigenvalue weighted by Crippen LogP contribution is -2.22. The summed E-state index contributed by atoms with van der Waals surface area (Å²) >= 11 is 0. The van der Waals surface area contributed by atoms with Crippen LogP contribution >= 0.6 is 10.7 Å². The number of nitrogens with one attached hydrogen (secondary N) is 1. The van der Waals surface area contributed by atoms with E-state index in [-0.39, 0.29) is 10.8 Å². The minimum absolute atomic E-state index is 0.0157. The molecule has 0 bridgehead atoms. The third-order valence-corrected chi connectivity index (χ3v) is 3.18. The Balaban J connectivity index is 2.72. The summed E-state index contributed by atoms with van der Waals surface area (Å²) in [4.78, 5) is 14.6. The fourth-order valence-electron chi connectivity index (χ4n) is 1.11. The molecule has 1 rings (SSSR count). The van der Waals surface area contributed by atoms with Crippen LogP contribution in [0.25, 0.3) is 0 Å². The predicted octanol–water partition coefficient (Wildman–Crippen LogP) is 0.688. The van der Waals surface area contributed by atoms with Crippen LogP contribution in [0.1, 0.15) is 12.6 Å². The van der Waals surface area contributed by atoms with Crippen LogP contribution in [-0.4, -0.2) is 25.9 Å². The zero-order valence-electron chi connectivity index (χ0n) is 8.60. The van der Waals surface area contributed by atoms with Crippen molar-refractivity contribution in [2.45, 2.75) is 18.2 Å². The minimum Gasteiger partial charge on any atom is -0.356 e. The Labute approximate surface area is 98.3 Å². The third kappa shape index (κ3) is 4.16. The van der Waals surface area contributed by atoms with Crippen molar-refractivity contribution in [3.63, 3.8) is 0 Å². The van der Waals surface area contributed by atoms with Gasteiger partial charge >= 0.3 is 0 Å². The standard InChI is InChI=1S/C9H11ClN2O3S/c1-7(13)11-4-2-8-6-9(3-5-12-8)16(10,14)15/h3,5-6H,2,4H2,1H3,(H,11,13). The minimum atomic E-state index is -3.72. The highest BCUT2D eigenvalue weighted by Crippen LogP contribution is 2.14. The summed E-state index contributed by atoms with van der Waals surface area (Å²) < 4.78 is 22.1. The molecule has 16 heavy (non-hydrogen) atoms. The van der Waals surface area contributed by atoms with Crippen molar-refractivity contribution >= 4 is 25.6 Å². The van der Waals surface area contributed by atoms with Crippen molar-refractivity contribution in [2.75, 3.05) is 6.54 Å². The van der Waals surface area contributed by atoms with Crippen molar-refractivity contribution in [3.05, 3.63) is 24.0 Å². The Kier molecular flexibility index (Phi) is 4.26. The normalized spacial score (nSPS) is 11.1. The molecule has 0 aliphatic rings. The maximum atomic E-state index is 11.0. The molecule has 1 N–H and O–H groups in total. The Morgan fingerprint density at radius 1 is 1.56 bits per heavy atom. The molecule has 0 aliphatic carbocycles. The molecule has 0 saturated carbocycles. The van der Waals surface area contributed by atoms with Gasteiger partial charge in [0.25, 0.3) is 9.05 Å². The highest BCUT2D eigenvalue weighted by molar-refractivity contribution is 8.13. The van der Waals surface area contributed by atoms with Gasteiger partial charge in [0.05, 0.1) is 4.90 Å². The van der Waals surface area contributed by atoms with Gasteiger partial charge in [0.15, 0.2) is 0 Å². The summed E-state index contributed by atoms with van der Waals surface area (Å²) in [6.45, 7) is 1.82. The van der Waals surface area contributed by atoms with Gasteiger partial charge in [-0.2, -0.15) is 0 Å². The Morgan fingerprint density at radius 2 is 2.25 bits per heavy atom. The molecule has 1 amide bonds. The summed E-state index contributed by atoms with van der Waals surface area (Å²) in [6, 6.07) is 2.72. The number of halogens is 1. The van der Waals surface area contributed by atoms with Gasteiger partial charge in [-0.1, -0.05) is 0 Å². The lowest BCUT2D eigenvalue weighted by atomic mass is 10.3. The SMILES string of the molecule is CC(=O)NCCc1cc(S(=O)(=O)Cl)ccn1. The molecule has 0 unspecified atom stereocenters. The molecule has 5 nitrogen and oxygen atoms in total. The average Bonchev–Trinajstić information content (AvgIpc) is 2.16. The van der Waals surface area contributed by atoms with E-state index in [0.29, 0.717) is 18.7 Å². The quantitative estimate of drug-likeness (QED) is 0.810. The number of rotatable bonds is 4. The molecule has 1 heterocycles. The Bertz CT molecular complexity index is 487. The van der Waals surface area contributed by atoms with Crippen molar-refractivity contribution in [3.8, 4) is 0 Å². The van der Waals surface area contributed by atoms with Gasteiger partial charge in [0.2, 0.25) is 5.91 Å². The number of pyridine rings is 1. The summed E-state index contributed by atoms with van der Waals surface area (Å²) in [6.07, 6.45) is 1.83. The molecule has 0 saturated heterocycles. The van der Waals surface area contributed by atoms with Gasteiger partial charge in [0.1, 0.15) is 0 Å². The largest absolute Gasteiger partial charge is 0.356 e. The second-order valence-electron chi connectivity index (χ2n) is 3.15. The smallest absolute Gasteiger partial charge is 0.261 e. The molecule has 0 aromatic carbocycles. The number of hydrogen-bond donors (Lipinski definition) is 1. The van der Waals surface area contributed by atoms with Crippen molar-refractivity contribution in [1.29, 1.82) is 0 Å². The highest BCUT2D eigenvalue weighted by Gasteiger charge is 2.10. The van der Waals surface area contributed by atoms with Crippen molar-refractivity contribution in [2.24, 2.45) is 0 Å². The molecule has 88 valence electrons. The zero-order chi connectivity index (χ0) is 12.2. The monoisotopic (exact) mass is 262 g/mol. The van der Waals surface area contributed by atoms with Gasteiger partial charge in [-0.05, 0) is 12.1 Å². The van der Waals surface area contributed by atoms with E-state index in [0.717, 1.165) is 0 Å². The van der Waals surface area contributed by atoms with Crippen LogP contribution in [0.4, 0.5) is 0 Å². The van der Waals surface area contributed by atoms with E-state index in [4.69, 9.17) is 10.7 Å². The molecule has 1 aromatic rings. The molecular weight excluding hydrogens is 252 g/mol. The van der Waals surface area contributed by atoms with Gasteiger partial charge in [-0.3, -0.25) is 9.78 Å². The summed E-state index contributed by atoms with van der Waals surface area (Å²) in [5, 5.41) is 2.59.